The van der Waals surface area contributed by atoms with E-state index in [9.17, 15) is 4.79 Å². The third kappa shape index (κ3) is 4.57. The lowest BCUT2D eigenvalue weighted by Crippen LogP contribution is -2.39. The topological polar surface area (TPSA) is 41.1 Å². The Kier molecular flexibility index (Phi) is 6.00. The Morgan fingerprint density at radius 1 is 1.09 bits per heavy atom. The minimum absolute atomic E-state index is 0.0145. The molecule has 5 heteroatoms. The zero-order valence-electron chi connectivity index (χ0n) is 12.4. The molecule has 0 unspecified atom stereocenters. The van der Waals surface area contributed by atoms with Crippen molar-refractivity contribution >= 4 is 39.1 Å². The van der Waals surface area contributed by atoms with Crippen LogP contribution in [0.15, 0.2) is 53.0 Å². The highest BCUT2D eigenvalue weighted by molar-refractivity contribution is 9.10. The molecule has 0 aromatic heterocycles. The first-order valence-electron chi connectivity index (χ1n) is 7.04. The lowest BCUT2D eigenvalue weighted by molar-refractivity contribution is -0.117. The average Bonchev–Trinajstić information content (AvgIpc) is 2.49. The van der Waals surface area contributed by atoms with Gasteiger partial charge in [0.15, 0.2) is 0 Å². The first-order chi connectivity index (χ1) is 10.5. The summed E-state index contributed by atoms with van der Waals surface area (Å²) in [4.78, 5) is 12.2. The van der Waals surface area contributed by atoms with Gasteiger partial charge in [0.1, 0.15) is 0 Å². The van der Waals surface area contributed by atoms with E-state index in [0.717, 1.165) is 15.7 Å². The molecule has 116 valence electrons. The second-order valence-corrected chi connectivity index (χ2v) is 6.45. The van der Waals surface area contributed by atoms with Gasteiger partial charge in [0.2, 0.25) is 5.91 Å². The minimum Gasteiger partial charge on any atom is -0.325 e. The van der Waals surface area contributed by atoms with E-state index >= 15 is 0 Å². The van der Waals surface area contributed by atoms with Gasteiger partial charge in [-0.05, 0) is 49.7 Å². The van der Waals surface area contributed by atoms with Gasteiger partial charge in [-0.25, -0.2) is 0 Å². The van der Waals surface area contributed by atoms with E-state index < -0.39 is 0 Å². The van der Waals surface area contributed by atoms with Crippen molar-refractivity contribution in [3.8, 4) is 0 Å². The van der Waals surface area contributed by atoms with Crippen LogP contribution in [0.1, 0.15) is 25.5 Å². The summed E-state index contributed by atoms with van der Waals surface area (Å²) in [7, 11) is 0. The molecule has 2 aromatic rings. The minimum atomic E-state index is -0.338. The molecule has 0 fully saturated rings. The van der Waals surface area contributed by atoms with E-state index in [4.69, 9.17) is 11.6 Å². The van der Waals surface area contributed by atoms with Gasteiger partial charge in [0, 0.05) is 21.2 Å². The van der Waals surface area contributed by atoms with Crippen molar-refractivity contribution in [1.82, 2.24) is 5.32 Å². The predicted molar refractivity (Wildman–Crippen MR) is 95.2 cm³/mol. The number of carbonyl (C=O) groups excluding carboxylic acids is 1. The molecule has 0 radical (unpaired) electrons. The molecule has 0 bridgehead atoms. The number of nitrogens with one attached hydrogen (secondary N) is 2. The maximum atomic E-state index is 12.2. The van der Waals surface area contributed by atoms with Gasteiger partial charge in [-0.15, -0.1) is 0 Å². The summed E-state index contributed by atoms with van der Waals surface area (Å²) in [5.41, 5.74) is 1.75. The molecule has 1 amide bonds. The normalized spacial score (nSPS) is 13.5. The Balaban J connectivity index is 1.96. The highest BCUT2D eigenvalue weighted by atomic mass is 79.9. The number of rotatable bonds is 5. The maximum Gasteiger partial charge on any atom is 0.241 e. The van der Waals surface area contributed by atoms with Crippen LogP contribution in [0.25, 0.3) is 0 Å². The Morgan fingerprint density at radius 3 is 2.36 bits per heavy atom. The molecular weight excluding hydrogens is 364 g/mol. The second kappa shape index (κ2) is 7.77. The predicted octanol–water partition coefficient (Wildman–Crippen LogP) is 4.78. The summed E-state index contributed by atoms with van der Waals surface area (Å²) in [5, 5.41) is 6.84. The van der Waals surface area contributed by atoms with Crippen LogP contribution >= 0.6 is 27.5 Å². The molecule has 0 aliphatic heterocycles. The molecule has 0 spiro atoms. The molecule has 2 N–H and O–H groups in total. The largest absolute Gasteiger partial charge is 0.325 e. The molecule has 0 aliphatic rings. The lowest BCUT2D eigenvalue weighted by Gasteiger charge is -2.20. The summed E-state index contributed by atoms with van der Waals surface area (Å²) in [6.45, 7) is 3.83. The molecule has 2 aromatic carbocycles. The quantitative estimate of drug-likeness (QED) is 0.782. The van der Waals surface area contributed by atoms with Crippen LogP contribution in [0, 0.1) is 0 Å². The van der Waals surface area contributed by atoms with Crippen LogP contribution in [0.3, 0.4) is 0 Å². The van der Waals surface area contributed by atoms with Crippen molar-refractivity contribution < 1.29 is 4.79 Å². The van der Waals surface area contributed by atoms with Crippen LogP contribution in [-0.2, 0) is 4.79 Å². The first kappa shape index (κ1) is 17.0. The molecular formula is C17H18BrClN2O. The summed E-state index contributed by atoms with van der Waals surface area (Å²) in [6.07, 6.45) is 0. The molecule has 0 heterocycles. The number of amides is 1. The molecule has 22 heavy (non-hydrogen) atoms. The number of anilines is 1. The van der Waals surface area contributed by atoms with Crippen LogP contribution < -0.4 is 10.6 Å². The van der Waals surface area contributed by atoms with Gasteiger partial charge in [0.05, 0.1) is 6.04 Å². The molecule has 3 nitrogen and oxygen atoms in total. The third-order valence-electron chi connectivity index (χ3n) is 3.38. The summed E-state index contributed by atoms with van der Waals surface area (Å²) >= 11 is 9.55. The zero-order chi connectivity index (χ0) is 16.1. The number of halogens is 2. The molecule has 0 saturated carbocycles. The Morgan fingerprint density at radius 2 is 1.73 bits per heavy atom. The van der Waals surface area contributed by atoms with Crippen LogP contribution in [-0.4, -0.2) is 11.9 Å². The van der Waals surface area contributed by atoms with E-state index in [0.29, 0.717) is 5.02 Å². The highest BCUT2D eigenvalue weighted by Crippen LogP contribution is 2.22. The Bertz CT molecular complexity index is 645. The van der Waals surface area contributed by atoms with Gasteiger partial charge < -0.3 is 5.32 Å². The zero-order valence-corrected chi connectivity index (χ0v) is 14.8. The standard InChI is InChI=1S/C17H18BrClN2O/c1-11(15-5-3-4-6-16(15)19)20-12(2)17(22)21-14-9-7-13(18)8-10-14/h3-12,20H,1-2H3,(H,21,22)/t11-,12-/m1/s1. The average molecular weight is 382 g/mol. The van der Waals surface area contributed by atoms with Gasteiger partial charge in [0.25, 0.3) is 0 Å². The van der Waals surface area contributed by atoms with Crippen molar-refractivity contribution in [3.63, 3.8) is 0 Å². The van der Waals surface area contributed by atoms with Crippen molar-refractivity contribution in [1.29, 1.82) is 0 Å². The van der Waals surface area contributed by atoms with Crippen molar-refractivity contribution in [3.05, 3.63) is 63.6 Å². The van der Waals surface area contributed by atoms with E-state index in [2.05, 4.69) is 26.6 Å². The van der Waals surface area contributed by atoms with E-state index in [-0.39, 0.29) is 18.0 Å². The van der Waals surface area contributed by atoms with Crippen LogP contribution in [0.4, 0.5) is 5.69 Å². The second-order valence-electron chi connectivity index (χ2n) is 5.13. The molecule has 2 atom stereocenters. The van der Waals surface area contributed by atoms with E-state index in [1.807, 2.05) is 62.4 Å². The van der Waals surface area contributed by atoms with Gasteiger partial charge in [-0.2, -0.15) is 0 Å². The number of carbonyl (C=O) groups is 1. The first-order valence-corrected chi connectivity index (χ1v) is 8.21. The fourth-order valence-electron chi connectivity index (χ4n) is 2.15. The van der Waals surface area contributed by atoms with Crippen molar-refractivity contribution in [2.75, 3.05) is 5.32 Å². The Hall–Kier alpha value is -1.36. The molecule has 0 saturated heterocycles. The highest BCUT2D eigenvalue weighted by Gasteiger charge is 2.17. The van der Waals surface area contributed by atoms with E-state index in [1.54, 1.807) is 0 Å². The van der Waals surface area contributed by atoms with Gasteiger partial charge >= 0.3 is 0 Å². The smallest absolute Gasteiger partial charge is 0.241 e. The van der Waals surface area contributed by atoms with E-state index in [1.165, 1.54) is 0 Å². The lowest BCUT2D eigenvalue weighted by atomic mass is 10.1. The summed E-state index contributed by atoms with van der Waals surface area (Å²) in [6, 6.07) is 14.8. The van der Waals surface area contributed by atoms with Gasteiger partial charge in [-0.1, -0.05) is 45.7 Å². The van der Waals surface area contributed by atoms with Crippen LogP contribution in [0.2, 0.25) is 5.02 Å². The Labute approximate surface area is 144 Å². The fourth-order valence-corrected chi connectivity index (χ4v) is 2.71. The molecule has 0 aliphatic carbocycles. The number of hydrogen-bond acceptors (Lipinski definition) is 2. The third-order valence-corrected chi connectivity index (χ3v) is 4.25. The number of benzene rings is 2. The monoisotopic (exact) mass is 380 g/mol. The fraction of sp³-hybridized carbons (Fsp3) is 0.235. The SMILES string of the molecule is C[C@@H](N[C@H](C)c1ccccc1Cl)C(=O)Nc1ccc(Br)cc1. The number of hydrogen-bond donors (Lipinski definition) is 2. The van der Waals surface area contributed by atoms with Crippen LogP contribution in [0.5, 0.6) is 0 Å². The van der Waals surface area contributed by atoms with Crippen molar-refractivity contribution in [2.45, 2.75) is 25.9 Å². The summed E-state index contributed by atoms with van der Waals surface area (Å²) < 4.78 is 0.976. The molecule has 2 rings (SSSR count). The maximum absolute atomic E-state index is 12.2. The van der Waals surface area contributed by atoms with Gasteiger partial charge in [-0.3, -0.25) is 10.1 Å². The summed E-state index contributed by atoms with van der Waals surface area (Å²) in [5.74, 6) is -0.0822. The van der Waals surface area contributed by atoms with Crippen molar-refractivity contribution in [2.24, 2.45) is 0 Å².